The van der Waals surface area contributed by atoms with E-state index < -0.39 is 0 Å². The summed E-state index contributed by atoms with van der Waals surface area (Å²) >= 11 is 0. The van der Waals surface area contributed by atoms with Gasteiger partial charge in [-0.25, -0.2) is 0 Å². The fourth-order valence-corrected chi connectivity index (χ4v) is 1.43. The highest BCUT2D eigenvalue weighted by atomic mass is 16.1. The summed E-state index contributed by atoms with van der Waals surface area (Å²) in [6.07, 6.45) is 4.05. The first-order chi connectivity index (χ1) is 7.41. The fourth-order valence-electron chi connectivity index (χ4n) is 1.43. The molecule has 0 aromatic heterocycles. The van der Waals surface area contributed by atoms with Gasteiger partial charge in [0.1, 0.15) is 11.6 Å². The minimum atomic E-state index is 0.242. The molecule has 0 fully saturated rings. The van der Waals surface area contributed by atoms with E-state index in [0.717, 1.165) is 12.8 Å². The average molecular weight is 226 g/mol. The Labute approximate surface area is 99.8 Å². The zero-order chi connectivity index (χ0) is 12.6. The van der Waals surface area contributed by atoms with E-state index in [1.54, 1.807) is 0 Å². The van der Waals surface area contributed by atoms with E-state index in [2.05, 4.69) is 27.7 Å². The highest BCUT2D eigenvalue weighted by molar-refractivity contribution is 5.85. The van der Waals surface area contributed by atoms with Gasteiger partial charge in [-0.2, -0.15) is 0 Å². The standard InChI is InChI=1S/C14H26O2/c1-11(2)5-7-13(15)9-10-14(16)8-6-12(3)4/h11-12H,5-10H2,1-4H3. The maximum Gasteiger partial charge on any atom is 0.133 e. The van der Waals surface area contributed by atoms with Gasteiger partial charge in [0, 0.05) is 25.7 Å². The number of carbonyl (C=O) groups is 2. The van der Waals surface area contributed by atoms with Crippen molar-refractivity contribution in [2.75, 3.05) is 0 Å². The van der Waals surface area contributed by atoms with E-state index in [1.807, 2.05) is 0 Å². The van der Waals surface area contributed by atoms with Gasteiger partial charge in [0.15, 0.2) is 0 Å². The van der Waals surface area contributed by atoms with Crippen molar-refractivity contribution in [3.63, 3.8) is 0 Å². The van der Waals surface area contributed by atoms with Crippen molar-refractivity contribution in [1.82, 2.24) is 0 Å². The summed E-state index contributed by atoms with van der Waals surface area (Å²) in [6, 6.07) is 0. The zero-order valence-corrected chi connectivity index (χ0v) is 11.2. The van der Waals surface area contributed by atoms with Crippen molar-refractivity contribution in [1.29, 1.82) is 0 Å². The zero-order valence-electron chi connectivity index (χ0n) is 11.2. The monoisotopic (exact) mass is 226 g/mol. The predicted molar refractivity (Wildman–Crippen MR) is 67.4 cm³/mol. The molecule has 2 nitrogen and oxygen atoms in total. The van der Waals surface area contributed by atoms with Crippen LogP contribution in [0.15, 0.2) is 0 Å². The Morgan fingerprint density at radius 3 is 1.25 bits per heavy atom. The van der Waals surface area contributed by atoms with Crippen LogP contribution in [0.25, 0.3) is 0 Å². The van der Waals surface area contributed by atoms with Crippen molar-refractivity contribution in [2.45, 2.75) is 66.2 Å². The molecule has 2 heteroatoms. The molecular weight excluding hydrogens is 200 g/mol. The van der Waals surface area contributed by atoms with Gasteiger partial charge in [-0.15, -0.1) is 0 Å². The second kappa shape index (κ2) is 8.49. The average Bonchev–Trinajstić information content (AvgIpc) is 2.20. The summed E-state index contributed by atoms with van der Waals surface area (Å²) in [6.45, 7) is 8.45. The molecule has 0 heterocycles. The van der Waals surface area contributed by atoms with Gasteiger partial charge in [0.2, 0.25) is 0 Å². The largest absolute Gasteiger partial charge is 0.300 e. The number of Topliss-reactive ketones (excluding diaryl/α,β-unsaturated/α-hetero) is 2. The van der Waals surface area contributed by atoms with Crippen LogP contribution in [0.5, 0.6) is 0 Å². The molecule has 0 rings (SSSR count). The van der Waals surface area contributed by atoms with Crippen LogP contribution in [0.1, 0.15) is 66.2 Å². The third-order valence-electron chi connectivity index (χ3n) is 2.68. The van der Waals surface area contributed by atoms with Crippen molar-refractivity contribution in [3.8, 4) is 0 Å². The maximum absolute atomic E-state index is 11.4. The first kappa shape index (κ1) is 15.3. The van der Waals surface area contributed by atoms with Crippen molar-refractivity contribution < 1.29 is 9.59 Å². The fraction of sp³-hybridized carbons (Fsp3) is 0.857. The lowest BCUT2D eigenvalue weighted by molar-refractivity contribution is -0.124. The van der Waals surface area contributed by atoms with Gasteiger partial charge in [-0.3, -0.25) is 9.59 Å². The minimum Gasteiger partial charge on any atom is -0.300 e. The summed E-state index contributed by atoms with van der Waals surface area (Å²) in [4.78, 5) is 22.9. The molecule has 0 aromatic carbocycles. The van der Waals surface area contributed by atoms with Crippen molar-refractivity contribution in [2.24, 2.45) is 11.8 Å². The second-order valence-corrected chi connectivity index (χ2v) is 5.44. The summed E-state index contributed by atoms with van der Waals surface area (Å²) < 4.78 is 0. The van der Waals surface area contributed by atoms with E-state index in [9.17, 15) is 9.59 Å². The van der Waals surface area contributed by atoms with E-state index in [-0.39, 0.29) is 11.6 Å². The molecule has 16 heavy (non-hydrogen) atoms. The molecule has 0 atom stereocenters. The Morgan fingerprint density at radius 2 is 1.00 bits per heavy atom. The molecule has 0 aliphatic carbocycles. The maximum atomic E-state index is 11.4. The van der Waals surface area contributed by atoms with Crippen LogP contribution >= 0.6 is 0 Å². The molecule has 0 amide bonds. The Morgan fingerprint density at radius 1 is 0.688 bits per heavy atom. The van der Waals surface area contributed by atoms with Crippen LogP contribution in [0.4, 0.5) is 0 Å². The number of hydrogen-bond donors (Lipinski definition) is 0. The molecule has 0 aromatic rings. The summed E-state index contributed by atoms with van der Waals surface area (Å²) in [5.41, 5.74) is 0. The summed E-state index contributed by atoms with van der Waals surface area (Å²) in [7, 11) is 0. The number of ketones is 2. The molecule has 0 saturated carbocycles. The van der Waals surface area contributed by atoms with E-state index >= 15 is 0 Å². The molecule has 0 bridgehead atoms. The minimum absolute atomic E-state index is 0.242. The lowest BCUT2D eigenvalue weighted by Gasteiger charge is -2.05. The van der Waals surface area contributed by atoms with Gasteiger partial charge < -0.3 is 0 Å². The third kappa shape index (κ3) is 9.88. The van der Waals surface area contributed by atoms with Crippen molar-refractivity contribution >= 4 is 11.6 Å². The number of hydrogen-bond acceptors (Lipinski definition) is 2. The normalized spacial score (nSPS) is 11.1. The molecule has 0 aliphatic rings. The summed E-state index contributed by atoms with van der Waals surface area (Å²) in [5, 5.41) is 0. The van der Waals surface area contributed by atoms with Crippen LogP contribution in [-0.2, 0) is 9.59 Å². The molecule has 0 saturated heterocycles. The van der Waals surface area contributed by atoms with Crippen LogP contribution in [0.3, 0.4) is 0 Å². The Bertz CT molecular complexity index is 193. The van der Waals surface area contributed by atoms with Crippen LogP contribution < -0.4 is 0 Å². The van der Waals surface area contributed by atoms with Gasteiger partial charge in [-0.05, 0) is 24.7 Å². The number of carbonyl (C=O) groups excluding carboxylic acids is 2. The first-order valence-electron chi connectivity index (χ1n) is 6.45. The Kier molecular flexibility index (Phi) is 8.14. The molecule has 94 valence electrons. The molecule has 0 radical (unpaired) electrons. The van der Waals surface area contributed by atoms with E-state index in [1.165, 1.54) is 0 Å². The number of rotatable bonds is 9. The quantitative estimate of drug-likeness (QED) is 0.599. The second-order valence-electron chi connectivity index (χ2n) is 5.44. The van der Waals surface area contributed by atoms with Crippen LogP contribution in [0, 0.1) is 11.8 Å². The molecule has 0 spiro atoms. The van der Waals surface area contributed by atoms with Gasteiger partial charge in [0.05, 0.1) is 0 Å². The smallest absolute Gasteiger partial charge is 0.133 e. The Hall–Kier alpha value is -0.660. The molecule has 0 N–H and O–H groups in total. The molecular formula is C14H26O2. The van der Waals surface area contributed by atoms with E-state index in [0.29, 0.717) is 37.5 Å². The van der Waals surface area contributed by atoms with Gasteiger partial charge >= 0.3 is 0 Å². The lowest BCUT2D eigenvalue weighted by atomic mass is 10.00. The van der Waals surface area contributed by atoms with Gasteiger partial charge in [0.25, 0.3) is 0 Å². The van der Waals surface area contributed by atoms with E-state index in [4.69, 9.17) is 0 Å². The Balaban J connectivity index is 3.55. The predicted octanol–water partition coefficient (Wildman–Crippen LogP) is 3.78. The molecule has 0 unspecified atom stereocenters. The molecule has 0 aliphatic heterocycles. The summed E-state index contributed by atoms with van der Waals surface area (Å²) in [5.74, 6) is 1.62. The van der Waals surface area contributed by atoms with Crippen LogP contribution in [0.2, 0.25) is 0 Å². The van der Waals surface area contributed by atoms with Crippen molar-refractivity contribution in [3.05, 3.63) is 0 Å². The highest BCUT2D eigenvalue weighted by Crippen LogP contribution is 2.10. The van der Waals surface area contributed by atoms with Gasteiger partial charge in [-0.1, -0.05) is 27.7 Å². The lowest BCUT2D eigenvalue weighted by Crippen LogP contribution is -2.06. The first-order valence-corrected chi connectivity index (χ1v) is 6.45. The topological polar surface area (TPSA) is 34.1 Å². The highest BCUT2D eigenvalue weighted by Gasteiger charge is 2.08. The third-order valence-corrected chi connectivity index (χ3v) is 2.68. The van der Waals surface area contributed by atoms with Crippen LogP contribution in [-0.4, -0.2) is 11.6 Å². The SMILES string of the molecule is CC(C)CCC(=O)CCC(=O)CCC(C)C.